The van der Waals surface area contributed by atoms with Crippen molar-refractivity contribution in [3.05, 3.63) is 39.6 Å². The molecule has 2 heterocycles. The summed E-state index contributed by atoms with van der Waals surface area (Å²) in [5, 5.41) is 4.43. The van der Waals surface area contributed by atoms with E-state index in [-0.39, 0.29) is 25.0 Å². The van der Waals surface area contributed by atoms with Crippen molar-refractivity contribution in [2.75, 3.05) is 25.5 Å². The Balaban J connectivity index is 1.95. The number of amides is 1. The average Bonchev–Trinajstić information content (AvgIpc) is 3.20. The van der Waals surface area contributed by atoms with Crippen molar-refractivity contribution in [2.45, 2.75) is 52.2 Å². The first-order chi connectivity index (χ1) is 15.8. The Morgan fingerprint density at radius 1 is 1.12 bits per heavy atom. The fourth-order valence-corrected chi connectivity index (χ4v) is 4.25. The highest BCUT2D eigenvalue weighted by Crippen LogP contribution is 2.33. The minimum Gasteiger partial charge on any atom is -0.458 e. The number of carbonyl (C=O) groups excluding carboxylic acids is 2. The lowest BCUT2D eigenvalue weighted by Gasteiger charge is -2.22. The van der Waals surface area contributed by atoms with E-state index in [1.165, 1.54) is 12.0 Å². The van der Waals surface area contributed by atoms with E-state index in [9.17, 15) is 9.59 Å². The molecule has 1 saturated heterocycles. The number of nitrogens with zero attached hydrogens (tertiary/aromatic N) is 3. The number of likely N-dealkylation sites (tertiary alicyclic amines) is 1. The quantitative estimate of drug-likeness (QED) is 0.554. The summed E-state index contributed by atoms with van der Waals surface area (Å²) in [6, 6.07) is 4.94. The van der Waals surface area contributed by atoms with E-state index in [4.69, 9.17) is 42.6 Å². The van der Waals surface area contributed by atoms with E-state index in [2.05, 4.69) is 5.32 Å². The van der Waals surface area contributed by atoms with Gasteiger partial charge >= 0.3 is 12.1 Å². The molecule has 1 aliphatic heterocycles. The Morgan fingerprint density at radius 2 is 1.85 bits per heavy atom. The number of hydrogen-bond acceptors (Lipinski definition) is 7. The monoisotopic (exact) mass is 494 g/mol. The molecule has 1 amide bonds. The first-order valence-corrected chi connectivity index (χ1v) is 11.7. The van der Waals surface area contributed by atoms with E-state index >= 15 is 0 Å². The van der Waals surface area contributed by atoms with Gasteiger partial charge in [0.2, 0.25) is 0 Å². The second kappa shape index (κ2) is 11.0. The second-order valence-electron chi connectivity index (χ2n) is 7.65. The molecular formula is C23H28Cl2N4O4. The predicted molar refractivity (Wildman–Crippen MR) is 128 cm³/mol. The molecule has 0 bridgehead atoms. The maximum Gasteiger partial charge on any atom is 0.409 e. The van der Waals surface area contributed by atoms with Gasteiger partial charge in [-0.15, -0.1) is 0 Å². The molecule has 1 aromatic heterocycles. The molecule has 3 rings (SSSR count). The third kappa shape index (κ3) is 5.68. The summed E-state index contributed by atoms with van der Waals surface area (Å²) in [4.78, 5) is 35.3. The molecule has 0 aliphatic carbocycles. The van der Waals surface area contributed by atoms with Gasteiger partial charge in [-0.25, -0.2) is 14.8 Å². The van der Waals surface area contributed by atoms with Gasteiger partial charge < -0.3 is 19.7 Å². The number of nitrogens with one attached hydrogen (secondary N) is 1. The van der Waals surface area contributed by atoms with Gasteiger partial charge in [0.15, 0.2) is 0 Å². The maximum absolute atomic E-state index is 12.1. The lowest BCUT2D eigenvalue weighted by atomic mass is 10.1. The van der Waals surface area contributed by atoms with Crippen LogP contribution in [0.4, 0.5) is 10.6 Å². The largest absolute Gasteiger partial charge is 0.458 e. The minimum absolute atomic E-state index is 0.240. The SMILES string of the molecule is CCC(=O)O[C@H]1CN(C(=O)OC)C[C@H]1Nc1nc(CC)c(-c2ccc(Cl)cc2Cl)nc1CC. The number of anilines is 1. The summed E-state index contributed by atoms with van der Waals surface area (Å²) in [6.07, 6.45) is 0.495. The molecule has 0 unspecified atom stereocenters. The minimum atomic E-state index is -0.529. The van der Waals surface area contributed by atoms with Crippen molar-refractivity contribution < 1.29 is 19.1 Å². The molecule has 1 aliphatic rings. The summed E-state index contributed by atoms with van der Waals surface area (Å²) in [5.74, 6) is 0.264. The molecular weight excluding hydrogens is 467 g/mol. The van der Waals surface area contributed by atoms with Crippen molar-refractivity contribution in [2.24, 2.45) is 0 Å². The standard InChI is InChI=1S/C23H28Cl2N4O4/c1-5-16-21(14-9-8-13(24)10-15(14)25)26-17(6-2)22(27-16)28-18-11-29(23(31)32-4)12-19(18)33-20(30)7-3/h8-10,18-19H,5-7,11-12H2,1-4H3,(H,27,28)/t18-,19+/m1/s1. The van der Waals surface area contributed by atoms with Crippen LogP contribution in [0.1, 0.15) is 38.6 Å². The van der Waals surface area contributed by atoms with Gasteiger partial charge in [0.05, 0.1) is 41.8 Å². The van der Waals surface area contributed by atoms with Gasteiger partial charge in [0.25, 0.3) is 0 Å². The molecule has 1 fully saturated rings. The molecule has 1 N–H and O–H groups in total. The van der Waals surface area contributed by atoms with Gasteiger partial charge in [-0.2, -0.15) is 0 Å². The molecule has 10 heteroatoms. The number of aryl methyl sites for hydroxylation is 2. The van der Waals surface area contributed by atoms with Crippen LogP contribution in [0.25, 0.3) is 11.3 Å². The Labute approximate surface area is 203 Å². The topological polar surface area (TPSA) is 93.7 Å². The molecule has 0 spiro atoms. The highest BCUT2D eigenvalue weighted by Gasteiger charge is 2.39. The number of methoxy groups -OCH3 is 1. The molecule has 33 heavy (non-hydrogen) atoms. The van der Waals surface area contributed by atoms with Crippen LogP contribution in [-0.4, -0.2) is 59.3 Å². The van der Waals surface area contributed by atoms with E-state index < -0.39 is 12.2 Å². The van der Waals surface area contributed by atoms with Gasteiger partial charge in [0, 0.05) is 23.6 Å². The van der Waals surface area contributed by atoms with E-state index in [1.54, 1.807) is 19.1 Å². The lowest BCUT2D eigenvalue weighted by Crippen LogP contribution is -2.36. The number of hydrogen-bond donors (Lipinski definition) is 1. The van der Waals surface area contributed by atoms with Crippen LogP contribution in [0.2, 0.25) is 10.0 Å². The number of carbonyl (C=O) groups is 2. The van der Waals surface area contributed by atoms with Gasteiger partial charge in [-0.1, -0.05) is 44.0 Å². The first-order valence-electron chi connectivity index (χ1n) is 10.9. The number of aromatic nitrogens is 2. The maximum atomic E-state index is 12.1. The summed E-state index contributed by atoms with van der Waals surface area (Å²) in [5.41, 5.74) is 2.98. The van der Waals surface area contributed by atoms with Crippen LogP contribution in [0, 0.1) is 0 Å². The Bertz CT molecular complexity index is 1030. The van der Waals surface area contributed by atoms with Crippen LogP contribution in [0.5, 0.6) is 0 Å². The van der Waals surface area contributed by atoms with Crippen molar-refractivity contribution in [3.8, 4) is 11.3 Å². The highest BCUT2D eigenvalue weighted by atomic mass is 35.5. The van der Waals surface area contributed by atoms with Crippen LogP contribution < -0.4 is 5.32 Å². The summed E-state index contributed by atoms with van der Waals surface area (Å²) < 4.78 is 10.4. The second-order valence-corrected chi connectivity index (χ2v) is 8.50. The van der Waals surface area contributed by atoms with Gasteiger partial charge in [-0.05, 0) is 31.0 Å². The molecule has 2 aromatic rings. The Hall–Kier alpha value is -2.58. The van der Waals surface area contributed by atoms with Crippen molar-refractivity contribution in [3.63, 3.8) is 0 Å². The Kier molecular flexibility index (Phi) is 8.37. The number of halogens is 2. The fourth-order valence-electron chi connectivity index (χ4n) is 3.75. The zero-order valence-corrected chi connectivity index (χ0v) is 20.7. The molecule has 8 nitrogen and oxygen atoms in total. The molecule has 0 radical (unpaired) electrons. The van der Waals surface area contributed by atoms with E-state index in [0.717, 1.165) is 17.0 Å². The lowest BCUT2D eigenvalue weighted by molar-refractivity contribution is -0.148. The smallest absolute Gasteiger partial charge is 0.409 e. The van der Waals surface area contributed by atoms with Crippen molar-refractivity contribution in [1.29, 1.82) is 0 Å². The van der Waals surface area contributed by atoms with E-state index in [0.29, 0.717) is 40.9 Å². The molecule has 178 valence electrons. The zero-order chi connectivity index (χ0) is 24.1. The fraction of sp³-hybridized carbons (Fsp3) is 0.478. The number of ether oxygens (including phenoxy) is 2. The highest BCUT2D eigenvalue weighted by molar-refractivity contribution is 6.36. The van der Waals surface area contributed by atoms with E-state index in [1.807, 2.05) is 19.9 Å². The predicted octanol–water partition coefficient (Wildman–Crippen LogP) is 4.76. The normalized spacial score (nSPS) is 17.7. The van der Waals surface area contributed by atoms with Crippen LogP contribution in [0.15, 0.2) is 18.2 Å². The van der Waals surface area contributed by atoms with Crippen molar-refractivity contribution >= 4 is 41.1 Å². The van der Waals surface area contributed by atoms with Crippen LogP contribution >= 0.6 is 23.2 Å². The number of benzene rings is 1. The molecule has 0 saturated carbocycles. The van der Waals surface area contributed by atoms with Crippen LogP contribution in [-0.2, 0) is 27.1 Å². The first kappa shape index (κ1) is 25.1. The molecule has 2 atom stereocenters. The summed E-state index contributed by atoms with van der Waals surface area (Å²) in [6.45, 7) is 6.26. The number of rotatable bonds is 7. The summed E-state index contributed by atoms with van der Waals surface area (Å²) >= 11 is 12.5. The zero-order valence-electron chi connectivity index (χ0n) is 19.2. The number of esters is 1. The summed E-state index contributed by atoms with van der Waals surface area (Å²) in [7, 11) is 1.32. The average molecular weight is 495 g/mol. The Morgan fingerprint density at radius 3 is 2.45 bits per heavy atom. The van der Waals surface area contributed by atoms with Crippen molar-refractivity contribution in [1.82, 2.24) is 14.9 Å². The van der Waals surface area contributed by atoms with Gasteiger partial charge in [-0.3, -0.25) is 4.79 Å². The van der Waals surface area contributed by atoms with Gasteiger partial charge in [0.1, 0.15) is 11.9 Å². The third-order valence-corrected chi connectivity index (χ3v) is 6.04. The molecule has 1 aromatic carbocycles. The van der Waals surface area contributed by atoms with Crippen LogP contribution in [0.3, 0.4) is 0 Å². The third-order valence-electron chi connectivity index (χ3n) is 5.49.